The molecular formula is C12H18N2O3S. The monoisotopic (exact) mass is 270 g/mol. The fourth-order valence-electron chi connectivity index (χ4n) is 1.54. The maximum Gasteiger partial charge on any atom is 0.275 e. The summed E-state index contributed by atoms with van der Waals surface area (Å²) in [6, 6.07) is 4.97. The topological polar surface area (TPSA) is 64.4 Å². The molecule has 1 aromatic rings. The maximum absolute atomic E-state index is 10.8. The van der Waals surface area contributed by atoms with Crippen LogP contribution in [0.5, 0.6) is 5.75 Å². The summed E-state index contributed by atoms with van der Waals surface area (Å²) in [5, 5.41) is 14.0. The van der Waals surface area contributed by atoms with E-state index in [4.69, 9.17) is 4.74 Å². The summed E-state index contributed by atoms with van der Waals surface area (Å²) in [7, 11) is 1.50. The van der Waals surface area contributed by atoms with Gasteiger partial charge in [-0.2, -0.15) is 11.8 Å². The first kappa shape index (κ1) is 14.6. The van der Waals surface area contributed by atoms with E-state index in [2.05, 4.69) is 18.5 Å². The summed E-state index contributed by atoms with van der Waals surface area (Å²) < 4.78 is 5.06. The fraction of sp³-hybridized carbons (Fsp3) is 0.500. The van der Waals surface area contributed by atoms with Crippen LogP contribution in [0.3, 0.4) is 0 Å². The molecule has 1 unspecified atom stereocenters. The second-order valence-electron chi connectivity index (χ2n) is 4.00. The van der Waals surface area contributed by atoms with Gasteiger partial charge in [0.1, 0.15) is 5.75 Å². The van der Waals surface area contributed by atoms with Crippen LogP contribution in [-0.4, -0.2) is 30.1 Å². The highest BCUT2D eigenvalue weighted by atomic mass is 32.2. The molecule has 1 atom stereocenters. The Morgan fingerprint density at radius 1 is 1.50 bits per heavy atom. The van der Waals surface area contributed by atoms with Gasteiger partial charge in [-0.05, 0) is 25.4 Å². The van der Waals surface area contributed by atoms with Gasteiger partial charge < -0.3 is 10.1 Å². The third-order valence-corrected chi connectivity index (χ3v) is 3.15. The van der Waals surface area contributed by atoms with E-state index >= 15 is 0 Å². The lowest BCUT2D eigenvalue weighted by atomic mass is 10.2. The number of non-ortho nitro benzene ring substituents is 1. The standard InChI is InChI=1S/C12H18N2O3S/c1-9(4-5-18-3)13-10-6-11(14(15)16)8-12(7-10)17-2/h6-9,13H,4-5H2,1-3H3. The maximum atomic E-state index is 10.8. The summed E-state index contributed by atoms with van der Waals surface area (Å²) in [6.07, 6.45) is 3.06. The number of hydrogen-bond donors (Lipinski definition) is 1. The van der Waals surface area contributed by atoms with Gasteiger partial charge in [-0.1, -0.05) is 0 Å². The number of thioether (sulfide) groups is 1. The molecule has 0 aromatic heterocycles. The van der Waals surface area contributed by atoms with Crippen molar-refractivity contribution in [1.29, 1.82) is 0 Å². The molecule has 1 aromatic carbocycles. The van der Waals surface area contributed by atoms with Gasteiger partial charge in [0.15, 0.2) is 0 Å². The number of nitro groups is 1. The van der Waals surface area contributed by atoms with Gasteiger partial charge in [0.05, 0.1) is 18.1 Å². The minimum absolute atomic E-state index is 0.0360. The van der Waals surface area contributed by atoms with Gasteiger partial charge in [0, 0.05) is 23.9 Å². The van der Waals surface area contributed by atoms with E-state index in [9.17, 15) is 10.1 Å². The lowest BCUT2D eigenvalue weighted by Crippen LogP contribution is -2.16. The molecule has 0 aliphatic rings. The van der Waals surface area contributed by atoms with Crippen LogP contribution < -0.4 is 10.1 Å². The number of rotatable bonds is 7. The van der Waals surface area contributed by atoms with E-state index in [-0.39, 0.29) is 11.7 Å². The summed E-state index contributed by atoms with van der Waals surface area (Å²) in [5.74, 6) is 1.55. The Morgan fingerprint density at radius 2 is 2.22 bits per heavy atom. The van der Waals surface area contributed by atoms with Crippen LogP contribution in [0.25, 0.3) is 0 Å². The zero-order chi connectivity index (χ0) is 13.5. The molecule has 100 valence electrons. The Hall–Kier alpha value is -1.43. The van der Waals surface area contributed by atoms with Crippen LogP contribution in [0, 0.1) is 10.1 Å². The molecule has 0 aliphatic carbocycles. The molecular weight excluding hydrogens is 252 g/mol. The molecule has 6 heteroatoms. The Kier molecular flexibility index (Phi) is 5.77. The number of methoxy groups -OCH3 is 1. The van der Waals surface area contributed by atoms with E-state index in [1.807, 2.05) is 0 Å². The van der Waals surface area contributed by atoms with Crippen molar-refractivity contribution >= 4 is 23.1 Å². The van der Waals surface area contributed by atoms with Gasteiger partial charge in [-0.25, -0.2) is 0 Å². The van der Waals surface area contributed by atoms with Crippen molar-refractivity contribution in [1.82, 2.24) is 0 Å². The minimum atomic E-state index is -0.416. The Morgan fingerprint density at radius 3 is 2.78 bits per heavy atom. The van der Waals surface area contributed by atoms with Gasteiger partial charge in [0.25, 0.3) is 5.69 Å². The van der Waals surface area contributed by atoms with Crippen molar-refractivity contribution < 1.29 is 9.66 Å². The molecule has 0 bridgehead atoms. The van der Waals surface area contributed by atoms with Crippen LogP contribution in [0.1, 0.15) is 13.3 Å². The number of ether oxygens (including phenoxy) is 1. The third kappa shape index (κ3) is 4.44. The zero-order valence-corrected chi connectivity index (χ0v) is 11.6. The molecule has 0 spiro atoms. The first-order valence-corrected chi connectivity index (χ1v) is 7.05. The van der Waals surface area contributed by atoms with Crippen LogP contribution in [0.4, 0.5) is 11.4 Å². The summed E-state index contributed by atoms with van der Waals surface area (Å²) in [5.41, 5.74) is 0.753. The van der Waals surface area contributed by atoms with Crippen LogP contribution >= 0.6 is 11.8 Å². The molecule has 0 aliphatic heterocycles. The van der Waals surface area contributed by atoms with E-state index in [1.54, 1.807) is 17.8 Å². The van der Waals surface area contributed by atoms with Gasteiger partial charge in [0.2, 0.25) is 0 Å². The molecule has 1 rings (SSSR count). The van der Waals surface area contributed by atoms with Crippen molar-refractivity contribution in [2.45, 2.75) is 19.4 Å². The van der Waals surface area contributed by atoms with Crippen molar-refractivity contribution in [2.75, 3.05) is 24.4 Å². The molecule has 0 saturated heterocycles. The van der Waals surface area contributed by atoms with Crippen LogP contribution in [0.15, 0.2) is 18.2 Å². The normalized spacial score (nSPS) is 11.9. The lowest BCUT2D eigenvalue weighted by molar-refractivity contribution is -0.384. The predicted molar refractivity (Wildman–Crippen MR) is 75.7 cm³/mol. The molecule has 0 fully saturated rings. The second kappa shape index (κ2) is 7.10. The van der Waals surface area contributed by atoms with Crippen LogP contribution in [-0.2, 0) is 0 Å². The quantitative estimate of drug-likeness (QED) is 0.609. The summed E-state index contributed by atoms with van der Waals surface area (Å²) in [6.45, 7) is 2.06. The highest BCUT2D eigenvalue weighted by molar-refractivity contribution is 7.98. The molecule has 0 saturated carbocycles. The Labute approximate surface area is 111 Å². The van der Waals surface area contributed by atoms with Gasteiger partial charge >= 0.3 is 0 Å². The van der Waals surface area contributed by atoms with Gasteiger partial charge in [-0.3, -0.25) is 10.1 Å². The predicted octanol–water partition coefficient (Wildman–Crippen LogP) is 3.16. The SMILES string of the molecule is COc1cc(NC(C)CCSC)cc([N+](=O)[O-])c1. The van der Waals surface area contributed by atoms with Crippen molar-refractivity contribution in [2.24, 2.45) is 0 Å². The third-order valence-electron chi connectivity index (χ3n) is 2.51. The number of nitro benzene ring substituents is 1. The number of benzene rings is 1. The fourth-order valence-corrected chi connectivity index (χ4v) is 2.13. The first-order valence-electron chi connectivity index (χ1n) is 5.65. The Balaban J connectivity index is 2.81. The zero-order valence-electron chi connectivity index (χ0n) is 10.8. The highest BCUT2D eigenvalue weighted by Gasteiger charge is 2.11. The first-order chi connectivity index (χ1) is 8.56. The van der Waals surface area contributed by atoms with Gasteiger partial charge in [-0.15, -0.1) is 0 Å². The summed E-state index contributed by atoms with van der Waals surface area (Å²) in [4.78, 5) is 10.4. The second-order valence-corrected chi connectivity index (χ2v) is 4.99. The number of anilines is 1. The van der Waals surface area contributed by atoms with Crippen molar-refractivity contribution in [3.63, 3.8) is 0 Å². The number of nitrogens with zero attached hydrogens (tertiary/aromatic N) is 1. The average Bonchev–Trinajstić information content (AvgIpc) is 2.35. The minimum Gasteiger partial charge on any atom is -0.496 e. The number of hydrogen-bond acceptors (Lipinski definition) is 5. The molecule has 18 heavy (non-hydrogen) atoms. The Bertz CT molecular complexity index is 412. The van der Waals surface area contributed by atoms with E-state index in [1.165, 1.54) is 19.2 Å². The molecule has 0 heterocycles. The lowest BCUT2D eigenvalue weighted by Gasteiger charge is -2.15. The molecule has 1 N–H and O–H groups in total. The highest BCUT2D eigenvalue weighted by Crippen LogP contribution is 2.26. The van der Waals surface area contributed by atoms with Crippen molar-refractivity contribution in [3.05, 3.63) is 28.3 Å². The van der Waals surface area contributed by atoms with E-state index in [0.717, 1.165) is 17.9 Å². The number of nitrogens with one attached hydrogen (secondary N) is 1. The molecule has 0 amide bonds. The van der Waals surface area contributed by atoms with E-state index < -0.39 is 4.92 Å². The van der Waals surface area contributed by atoms with E-state index in [0.29, 0.717) is 5.75 Å². The van der Waals surface area contributed by atoms with Crippen LogP contribution in [0.2, 0.25) is 0 Å². The smallest absolute Gasteiger partial charge is 0.275 e. The van der Waals surface area contributed by atoms with Crippen molar-refractivity contribution in [3.8, 4) is 5.75 Å². The largest absolute Gasteiger partial charge is 0.496 e. The summed E-state index contributed by atoms with van der Waals surface area (Å²) >= 11 is 1.78. The molecule has 0 radical (unpaired) electrons. The average molecular weight is 270 g/mol. The molecule has 5 nitrogen and oxygen atoms in total.